The van der Waals surface area contributed by atoms with Gasteiger partial charge in [-0.15, -0.1) is 0 Å². The van der Waals surface area contributed by atoms with Gasteiger partial charge in [0.05, 0.1) is 19.1 Å². The molecule has 0 aliphatic carbocycles. The minimum absolute atomic E-state index is 0.0114. The fraction of sp³-hybridized carbons (Fsp3) is 0.136. The van der Waals surface area contributed by atoms with Crippen molar-refractivity contribution in [1.29, 1.82) is 0 Å². The Kier molecular flexibility index (Phi) is 7.06. The highest BCUT2D eigenvalue weighted by atomic mass is 32.2. The lowest BCUT2D eigenvalue weighted by Gasteiger charge is -2.08. The Bertz CT molecular complexity index is 1240. The second-order valence-corrected chi connectivity index (χ2v) is 8.26. The molecule has 3 aromatic rings. The quantitative estimate of drug-likeness (QED) is 0.501. The summed E-state index contributed by atoms with van der Waals surface area (Å²) in [6, 6.07) is 12.6. The van der Waals surface area contributed by atoms with Crippen LogP contribution in [0.4, 0.5) is 11.6 Å². The molecular formula is C22H22N4O5S. The number of carbonyl (C=O) groups is 1. The molecule has 2 aromatic carbocycles. The van der Waals surface area contributed by atoms with Gasteiger partial charge in [0.1, 0.15) is 11.5 Å². The molecule has 0 atom stereocenters. The summed E-state index contributed by atoms with van der Waals surface area (Å²) >= 11 is 0. The number of sulfonamides is 1. The Balaban J connectivity index is 1.68. The third-order valence-corrected chi connectivity index (χ3v) is 5.65. The van der Waals surface area contributed by atoms with Gasteiger partial charge in [-0.25, -0.2) is 23.1 Å². The van der Waals surface area contributed by atoms with E-state index in [0.717, 1.165) is 0 Å². The van der Waals surface area contributed by atoms with Crippen molar-refractivity contribution < 1.29 is 22.7 Å². The number of methoxy groups -OCH3 is 2. The van der Waals surface area contributed by atoms with E-state index in [1.54, 1.807) is 44.4 Å². The molecule has 32 heavy (non-hydrogen) atoms. The van der Waals surface area contributed by atoms with E-state index in [-0.39, 0.29) is 10.8 Å². The van der Waals surface area contributed by atoms with E-state index in [4.69, 9.17) is 9.47 Å². The third kappa shape index (κ3) is 5.82. The summed E-state index contributed by atoms with van der Waals surface area (Å²) in [5.41, 5.74) is 1.74. The molecule has 0 bridgehead atoms. The number of hydrogen-bond acceptors (Lipinski definition) is 7. The molecule has 2 N–H and O–H groups in total. The molecule has 1 aromatic heterocycles. The van der Waals surface area contributed by atoms with Crippen molar-refractivity contribution >= 4 is 33.6 Å². The van der Waals surface area contributed by atoms with E-state index in [1.165, 1.54) is 43.6 Å². The van der Waals surface area contributed by atoms with Crippen LogP contribution in [0.25, 0.3) is 6.08 Å². The van der Waals surface area contributed by atoms with Gasteiger partial charge in [-0.05, 0) is 61.5 Å². The molecule has 3 rings (SSSR count). The minimum atomic E-state index is -3.86. The molecule has 0 aliphatic rings. The molecule has 0 saturated heterocycles. The number of amides is 1. The summed E-state index contributed by atoms with van der Waals surface area (Å²) in [5, 5.41) is 2.68. The Morgan fingerprint density at radius 2 is 1.78 bits per heavy atom. The number of benzene rings is 2. The Morgan fingerprint density at radius 3 is 2.44 bits per heavy atom. The molecule has 0 spiro atoms. The van der Waals surface area contributed by atoms with Gasteiger partial charge in [-0.2, -0.15) is 0 Å². The maximum atomic E-state index is 12.5. The van der Waals surface area contributed by atoms with E-state index >= 15 is 0 Å². The van der Waals surface area contributed by atoms with Crippen LogP contribution in [0.15, 0.2) is 65.7 Å². The molecule has 0 saturated carbocycles. The van der Waals surface area contributed by atoms with Crippen molar-refractivity contribution in [3.8, 4) is 11.5 Å². The van der Waals surface area contributed by atoms with Crippen LogP contribution in [0, 0.1) is 6.92 Å². The number of aromatic nitrogens is 2. The topological polar surface area (TPSA) is 120 Å². The summed E-state index contributed by atoms with van der Waals surface area (Å²) in [7, 11) is -0.776. The lowest BCUT2D eigenvalue weighted by Crippen LogP contribution is -2.15. The zero-order valence-corrected chi connectivity index (χ0v) is 18.5. The van der Waals surface area contributed by atoms with Crippen LogP contribution in [0.2, 0.25) is 0 Å². The van der Waals surface area contributed by atoms with E-state index in [9.17, 15) is 13.2 Å². The standard InChI is InChI=1S/C22H22N4O5S/c1-15-12-13-23-22(24-15)26-32(28,29)19-8-5-17(6-9-19)25-21(27)11-4-16-14-18(30-2)7-10-20(16)31-3/h4-14H,1-3H3,(H,25,27)(H,23,24,26)/b11-4+. The molecule has 0 radical (unpaired) electrons. The van der Waals surface area contributed by atoms with E-state index < -0.39 is 15.9 Å². The molecule has 1 heterocycles. The average molecular weight is 455 g/mol. The first-order chi connectivity index (χ1) is 15.3. The fourth-order valence-corrected chi connectivity index (χ4v) is 3.66. The summed E-state index contributed by atoms with van der Waals surface area (Å²) < 4.78 is 37.8. The van der Waals surface area contributed by atoms with Gasteiger partial charge in [-0.1, -0.05) is 0 Å². The Labute approximate surface area is 186 Å². The number of hydrogen-bond donors (Lipinski definition) is 2. The SMILES string of the molecule is COc1ccc(OC)c(/C=C/C(=O)Nc2ccc(S(=O)(=O)Nc3nccc(C)n3)cc2)c1. The van der Waals surface area contributed by atoms with Gasteiger partial charge >= 0.3 is 0 Å². The summed E-state index contributed by atoms with van der Waals surface area (Å²) in [6.07, 6.45) is 4.41. The molecule has 10 heteroatoms. The zero-order chi connectivity index (χ0) is 23.1. The van der Waals surface area contributed by atoms with Crippen molar-refractivity contribution in [2.24, 2.45) is 0 Å². The molecule has 0 aliphatic heterocycles. The van der Waals surface area contributed by atoms with Gasteiger partial charge in [0, 0.05) is 29.2 Å². The lowest BCUT2D eigenvalue weighted by atomic mass is 10.1. The van der Waals surface area contributed by atoms with Crippen molar-refractivity contribution in [2.75, 3.05) is 24.3 Å². The summed E-state index contributed by atoms with van der Waals surface area (Å²) in [5.74, 6) is 0.819. The van der Waals surface area contributed by atoms with Crippen LogP contribution in [0.5, 0.6) is 11.5 Å². The fourth-order valence-electron chi connectivity index (χ4n) is 2.71. The number of ether oxygens (including phenoxy) is 2. The number of nitrogens with zero attached hydrogens (tertiary/aromatic N) is 2. The van der Waals surface area contributed by atoms with E-state index in [2.05, 4.69) is 20.0 Å². The third-order valence-electron chi connectivity index (χ3n) is 4.30. The number of carbonyl (C=O) groups excluding carboxylic acids is 1. The second kappa shape index (κ2) is 9.92. The monoisotopic (exact) mass is 454 g/mol. The van der Waals surface area contributed by atoms with Crippen molar-refractivity contribution in [2.45, 2.75) is 11.8 Å². The smallest absolute Gasteiger partial charge is 0.264 e. The van der Waals surface area contributed by atoms with Crippen LogP contribution in [0.1, 0.15) is 11.3 Å². The highest BCUT2D eigenvalue weighted by Crippen LogP contribution is 2.25. The maximum Gasteiger partial charge on any atom is 0.264 e. The maximum absolute atomic E-state index is 12.5. The zero-order valence-electron chi connectivity index (χ0n) is 17.7. The predicted octanol–water partition coefficient (Wildman–Crippen LogP) is 3.25. The Morgan fingerprint density at radius 1 is 1.03 bits per heavy atom. The molecule has 1 amide bonds. The minimum Gasteiger partial charge on any atom is -0.497 e. The van der Waals surface area contributed by atoms with Gasteiger partial charge in [0.25, 0.3) is 10.0 Å². The van der Waals surface area contributed by atoms with E-state index in [1.807, 2.05) is 0 Å². The van der Waals surface area contributed by atoms with E-state index in [0.29, 0.717) is 28.4 Å². The first-order valence-corrected chi connectivity index (χ1v) is 10.9. The molecule has 0 fully saturated rings. The van der Waals surface area contributed by atoms with Crippen LogP contribution >= 0.6 is 0 Å². The molecule has 0 unspecified atom stereocenters. The lowest BCUT2D eigenvalue weighted by molar-refractivity contribution is -0.111. The van der Waals surface area contributed by atoms with Crippen molar-refractivity contribution in [3.63, 3.8) is 0 Å². The second-order valence-electron chi connectivity index (χ2n) is 6.58. The number of aryl methyl sites for hydroxylation is 1. The van der Waals surface area contributed by atoms with Gasteiger partial charge in [0.2, 0.25) is 11.9 Å². The molecular weight excluding hydrogens is 432 g/mol. The number of nitrogens with one attached hydrogen (secondary N) is 2. The summed E-state index contributed by atoms with van der Waals surface area (Å²) in [6.45, 7) is 1.73. The highest BCUT2D eigenvalue weighted by Gasteiger charge is 2.15. The summed E-state index contributed by atoms with van der Waals surface area (Å²) in [4.78, 5) is 20.2. The van der Waals surface area contributed by atoms with Gasteiger partial charge < -0.3 is 14.8 Å². The Hall–Kier alpha value is -3.92. The highest BCUT2D eigenvalue weighted by molar-refractivity contribution is 7.92. The van der Waals surface area contributed by atoms with Crippen LogP contribution in [-0.2, 0) is 14.8 Å². The normalized spacial score (nSPS) is 11.2. The molecule has 166 valence electrons. The van der Waals surface area contributed by atoms with Crippen LogP contribution in [0.3, 0.4) is 0 Å². The van der Waals surface area contributed by atoms with Crippen molar-refractivity contribution in [3.05, 3.63) is 72.1 Å². The van der Waals surface area contributed by atoms with Crippen LogP contribution < -0.4 is 19.5 Å². The molecule has 9 nitrogen and oxygen atoms in total. The van der Waals surface area contributed by atoms with Gasteiger partial charge in [0.15, 0.2) is 0 Å². The number of anilines is 2. The largest absolute Gasteiger partial charge is 0.497 e. The van der Waals surface area contributed by atoms with Crippen molar-refractivity contribution in [1.82, 2.24) is 9.97 Å². The predicted molar refractivity (Wildman–Crippen MR) is 121 cm³/mol. The first-order valence-electron chi connectivity index (χ1n) is 9.44. The first kappa shape index (κ1) is 22.8. The number of rotatable bonds is 8. The average Bonchev–Trinajstić information content (AvgIpc) is 2.77. The van der Waals surface area contributed by atoms with Gasteiger partial charge in [-0.3, -0.25) is 4.79 Å². The van der Waals surface area contributed by atoms with Crippen LogP contribution in [-0.4, -0.2) is 38.5 Å².